The number of aromatic nitrogens is 1. The van der Waals surface area contributed by atoms with Crippen LogP contribution >= 0.6 is 23.2 Å². The molecule has 7 heteroatoms. The van der Waals surface area contributed by atoms with Gasteiger partial charge in [-0.15, -0.1) is 0 Å². The van der Waals surface area contributed by atoms with Crippen LogP contribution in [-0.4, -0.2) is 48.6 Å². The van der Waals surface area contributed by atoms with E-state index >= 15 is 0 Å². The lowest BCUT2D eigenvalue weighted by molar-refractivity contribution is -0.133. The van der Waals surface area contributed by atoms with Crippen LogP contribution in [0.5, 0.6) is 0 Å². The molecule has 1 aliphatic heterocycles. The van der Waals surface area contributed by atoms with Crippen molar-refractivity contribution in [2.24, 2.45) is 0 Å². The zero-order valence-corrected chi connectivity index (χ0v) is 13.3. The van der Waals surface area contributed by atoms with Gasteiger partial charge in [-0.3, -0.25) is 4.79 Å². The number of carbonyl (C=O) groups excluding carboxylic acids is 1. The number of nitrogens with one attached hydrogen (secondary N) is 1. The van der Waals surface area contributed by atoms with Crippen LogP contribution in [0, 0.1) is 0 Å². The fourth-order valence-corrected chi connectivity index (χ4v) is 2.49. The first-order valence-electron chi connectivity index (χ1n) is 7.07. The molecule has 21 heavy (non-hydrogen) atoms. The van der Waals surface area contributed by atoms with Crippen molar-refractivity contribution in [3.63, 3.8) is 0 Å². The number of nitrogens with zero attached hydrogens (tertiary/aromatic N) is 2. The first-order chi connectivity index (χ1) is 10.2. The van der Waals surface area contributed by atoms with Crippen molar-refractivity contribution in [1.82, 2.24) is 9.88 Å². The molecule has 0 aliphatic carbocycles. The van der Waals surface area contributed by atoms with Gasteiger partial charge in [-0.25, -0.2) is 4.98 Å². The Hall–Kier alpha value is -1.04. The van der Waals surface area contributed by atoms with Crippen molar-refractivity contribution in [3.05, 3.63) is 22.4 Å². The summed E-state index contributed by atoms with van der Waals surface area (Å²) in [5.74, 6) is 0.211. The summed E-state index contributed by atoms with van der Waals surface area (Å²) >= 11 is 11.8. The van der Waals surface area contributed by atoms with E-state index < -0.39 is 0 Å². The van der Waals surface area contributed by atoms with E-state index in [0.29, 0.717) is 49.4 Å². The van der Waals surface area contributed by atoms with Gasteiger partial charge in [0.25, 0.3) is 0 Å². The Morgan fingerprint density at radius 3 is 3.10 bits per heavy atom. The van der Waals surface area contributed by atoms with E-state index in [1.165, 1.54) is 6.20 Å². The number of anilines is 1. The molecule has 5 nitrogen and oxygen atoms in total. The third-order valence-electron chi connectivity index (χ3n) is 3.28. The SMILES string of the molecule is O=C1CCCOCCN1CCCNc1cc(Cl)ncc1Cl. The standard InChI is InChI=1S/C14H19Cl2N3O2/c15-11-10-18-13(16)9-12(11)17-4-2-5-19-6-8-21-7-1-3-14(19)20/h9-10H,1-8H2,(H,17,18). The number of ether oxygens (including phenoxy) is 1. The molecule has 0 bridgehead atoms. The van der Waals surface area contributed by atoms with Crippen LogP contribution in [-0.2, 0) is 9.53 Å². The third-order valence-corrected chi connectivity index (χ3v) is 3.79. The topological polar surface area (TPSA) is 54.5 Å². The summed E-state index contributed by atoms with van der Waals surface area (Å²) in [6.45, 7) is 3.39. The number of carbonyl (C=O) groups is 1. The molecule has 0 unspecified atom stereocenters. The van der Waals surface area contributed by atoms with Gasteiger partial charge in [0.15, 0.2) is 0 Å². The largest absolute Gasteiger partial charge is 0.384 e. The van der Waals surface area contributed by atoms with Crippen LogP contribution in [0.3, 0.4) is 0 Å². The molecule has 1 aliphatic rings. The van der Waals surface area contributed by atoms with Gasteiger partial charge in [-0.2, -0.15) is 0 Å². The highest BCUT2D eigenvalue weighted by Gasteiger charge is 2.14. The molecule has 0 saturated carbocycles. The normalized spacial score (nSPS) is 16.5. The van der Waals surface area contributed by atoms with Gasteiger partial charge in [0.2, 0.25) is 5.91 Å². The molecule has 1 amide bonds. The summed E-state index contributed by atoms with van der Waals surface area (Å²) in [4.78, 5) is 17.7. The molecule has 1 aromatic heterocycles. The van der Waals surface area contributed by atoms with E-state index in [-0.39, 0.29) is 5.91 Å². The minimum atomic E-state index is 0.211. The second-order valence-corrected chi connectivity index (χ2v) is 5.66. The van der Waals surface area contributed by atoms with Gasteiger partial charge in [0.05, 0.1) is 17.3 Å². The number of pyridine rings is 1. The number of rotatable bonds is 5. The maximum atomic E-state index is 11.9. The predicted molar refractivity (Wildman–Crippen MR) is 84.0 cm³/mol. The monoisotopic (exact) mass is 331 g/mol. The zero-order chi connectivity index (χ0) is 15.1. The Kier molecular flexibility index (Phi) is 6.54. The smallest absolute Gasteiger partial charge is 0.222 e. The van der Waals surface area contributed by atoms with Crippen LogP contribution in [0.1, 0.15) is 19.3 Å². The molecule has 0 radical (unpaired) electrons. The summed E-state index contributed by atoms with van der Waals surface area (Å²) in [5.41, 5.74) is 0.763. The van der Waals surface area contributed by atoms with Gasteiger partial charge in [0.1, 0.15) is 5.15 Å². The van der Waals surface area contributed by atoms with Crippen molar-refractivity contribution in [2.45, 2.75) is 19.3 Å². The number of hydrogen-bond acceptors (Lipinski definition) is 4. The van der Waals surface area contributed by atoms with Crippen molar-refractivity contribution in [2.75, 3.05) is 38.2 Å². The minimum absolute atomic E-state index is 0.211. The summed E-state index contributed by atoms with van der Waals surface area (Å²) < 4.78 is 5.41. The lowest BCUT2D eigenvalue weighted by atomic mass is 10.2. The van der Waals surface area contributed by atoms with Crippen molar-refractivity contribution in [3.8, 4) is 0 Å². The van der Waals surface area contributed by atoms with Gasteiger partial charge in [-0.05, 0) is 12.8 Å². The molecule has 0 spiro atoms. The predicted octanol–water partition coefficient (Wildman–Crippen LogP) is 2.83. The molecule has 1 N–H and O–H groups in total. The van der Waals surface area contributed by atoms with Gasteiger partial charge >= 0.3 is 0 Å². The van der Waals surface area contributed by atoms with Crippen LogP contribution in [0.25, 0.3) is 0 Å². The molecule has 2 heterocycles. The van der Waals surface area contributed by atoms with Crippen LogP contribution < -0.4 is 5.32 Å². The number of halogens is 2. The molecule has 1 fully saturated rings. The molecule has 1 saturated heterocycles. The summed E-state index contributed by atoms with van der Waals surface area (Å²) in [7, 11) is 0. The van der Waals surface area contributed by atoms with Crippen LogP contribution in [0.15, 0.2) is 12.3 Å². The van der Waals surface area contributed by atoms with Crippen molar-refractivity contribution >= 4 is 34.8 Å². The van der Waals surface area contributed by atoms with E-state index in [4.69, 9.17) is 27.9 Å². The molecule has 1 aromatic rings. The highest BCUT2D eigenvalue weighted by molar-refractivity contribution is 6.34. The maximum Gasteiger partial charge on any atom is 0.222 e. The lowest BCUT2D eigenvalue weighted by Crippen LogP contribution is -2.37. The zero-order valence-electron chi connectivity index (χ0n) is 11.8. The molecular formula is C14H19Cl2N3O2. The summed E-state index contributed by atoms with van der Waals surface area (Å²) in [5, 5.41) is 4.15. The first-order valence-corrected chi connectivity index (χ1v) is 7.83. The summed E-state index contributed by atoms with van der Waals surface area (Å²) in [6.07, 6.45) is 3.73. The van der Waals surface area contributed by atoms with Gasteiger partial charge < -0.3 is 15.0 Å². The quantitative estimate of drug-likeness (QED) is 0.665. The highest BCUT2D eigenvalue weighted by Crippen LogP contribution is 2.23. The highest BCUT2D eigenvalue weighted by atomic mass is 35.5. The molecular weight excluding hydrogens is 313 g/mol. The Labute approximate surface area is 134 Å². The third kappa shape index (κ3) is 5.34. The molecule has 2 rings (SSSR count). The van der Waals surface area contributed by atoms with E-state index in [0.717, 1.165) is 18.5 Å². The second-order valence-electron chi connectivity index (χ2n) is 4.86. The Balaban J connectivity index is 1.75. The first kappa shape index (κ1) is 16.3. The summed E-state index contributed by atoms with van der Waals surface area (Å²) in [6, 6.07) is 1.69. The second kappa shape index (κ2) is 8.41. The Morgan fingerprint density at radius 2 is 2.24 bits per heavy atom. The fourth-order valence-electron chi connectivity index (χ4n) is 2.16. The maximum absolute atomic E-state index is 11.9. The van der Waals surface area contributed by atoms with Crippen LogP contribution in [0.2, 0.25) is 10.2 Å². The number of hydrogen-bond donors (Lipinski definition) is 1. The van der Waals surface area contributed by atoms with E-state index in [1.807, 2.05) is 4.90 Å². The minimum Gasteiger partial charge on any atom is -0.384 e. The number of amides is 1. The molecule has 0 atom stereocenters. The van der Waals surface area contributed by atoms with E-state index in [2.05, 4.69) is 10.3 Å². The van der Waals surface area contributed by atoms with E-state index in [1.54, 1.807) is 6.07 Å². The van der Waals surface area contributed by atoms with Crippen molar-refractivity contribution < 1.29 is 9.53 Å². The average molecular weight is 332 g/mol. The van der Waals surface area contributed by atoms with Gasteiger partial charge in [-0.1, -0.05) is 23.2 Å². The molecule has 0 aromatic carbocycles. The Bertz CT molecular complexity index is 485. The van der Waals surface area contributed by atoms with Crippen LogP contribution in [0.4, 0.5) is 5.69 Å². The Morgan fingerprint density at radius 1 is 1.38 bits per heavy atom. The van der Waals surface area contributed by atoms with Gasteiger partial charge in [0, 0.05) is 44.9 Å². The average Bonchev–Trinajstić information content (AvgIpc) is 2.45. The van der Waals surface area contributed by atoms with Crippen molar-refractivity contribution in [1.29, 1.82) is 0 Å². The molecule has 116 valence electrons. The fraction of sp³-hybridized carbons (Fsp3) is 0.571. The van der Waals surface area contributed by atoms with E-state index in [9.17, 15) is 4.79 Å². The lowest BCUT2D eigenvalue weighted by Gasteiger charge is -2.25.